The smallest absolute Gasteiger partial charge is 0.494 e. The number of carbonyl (C=O) groups is 1. The quantitative estimate of drug-likeness (QED) is 0.0129. The zero-order chi connectivity index (χ0) is 98.3. The maximum Gasteiger partial charge on any atom is 0.494 e. The first kappa shape index (κ1) is 115. The van der Waals surface area contributed by atoms with Crippen LogP contribution in [-0.4, -0.2) is 197 Å². The third-order valence-corrected chi connectivity index (χ3v) is 36.1. The molecule has 0 amide bonds. The van der Waals surface area contributed by atoms with Crippen molar-refractivity contribution in [1.29, 1.82) is 0 Å². The Bertz CT molecular complexity index is 5250. The highest BCUT2D eigenvalue weighted by atomic mass is 79.9. The van der Waals surface area contributed by atoms with Gasteiger partial charge in [-0.05, 0) is 311 Å². The molecule has 0 aromatic heterocycles. The Labute approximate surface area is 835 Å². The summed E-state index contributed by atoms with van der Waals surface area (Å²) in [5.41, 5.74) is 6.18. The van der Waals surface area contributed by atoms with E-state index in [1.165, 1.54) is 47.8 Å². The molecule has 0 aliphatic carbocycles. The maximum absolute atomic E-state index is 13.1. The van der Waals surface area contributed by atoms with Crippen molar-refractivity contribution in [2.75, 3.05) is 120 Å². The van der Waals surface area contributed by atoms with Crippen molar-refractivity contribution < 1.29 is 114 Å². The number of rotatable bonds is 29. The molecule has 0 saturated carbocycles. The third-order valence-electron chi connectivity index (χ3n) is 23.4. The van der Waals surface area contributed by atoms with Crippen LogP contribution in [-0.2, 0) is 119 Å². The van der Waals surface area contributed by atoms with E-state index in [1.54, 1.807) is 118 Å². The van der Waals surface area contributed by atoms with Crippen molar-refractivity contribution in [2.45, 2.75) is 203 Å². The lowest BCUT2D eigenvalue weighted by Crippen LogP contribution is -2.41. The summed E-state index contributed by atoms with van der Waals surface area (Å²) in [5.74, 6) is 3.54. The second-order valence-corrected chi connectivity index (χ2v) is 50.4. The number of carbonyl (C=O) groups excluding carboxylic acids is 1. The van der Waals surface area contributed by atoms with E-state index in [0.717, 1.165) is 113 Å². The van der Waals surface area contributed by atoms with Crippen molar-refractivity contribution in [3.05, 3.63) is 219 Å². The highest BCUT2D eigenvalue weighted by Crippen LogP contribution is 2.38. The van der Waals surface area contributed by atoms with E-state index in [4.69, 9.17) is 62.8 Å². The van der Waals surface area contributed by atoms with E-state index >= 15 is 0 Å². The summed E-state index contributed by atoms with van der Waals surface area (Å²) >= 11 is 16.1. The van der Waals surface area contributed by atoms with Crippen molar-refractivity contribution in [3.8, 4) is 5.75 Å². The lowest BCUT2D eigenvalue weighted by Gasteiger charge is -2.32. The standard InChI is InChI=1S/C22H31FO6S.C18H27BO5S.C16H22FNO4S.C12H15BrO3S.C12H15BrOS.C12H16O4S.C6H5BrS.H/c1-22(2,3)29-21(24)9-6-19(14-23)28-15-17-4-7-20(8-5-17)30(25,26)16-18-10-12-27-13-11-18;1-17(2)18(3,4)24-19(23-17)15-5-7-16(8-6-15)25(20,21)13-14-9-11-22-12-10-14;17-9-15(10-18)22-11-13-1-3-16(4-2-13)23(19,20)12-14-5-7-21-8-6-14;13-11-1-3-12(4-2-11)17(14,15)9-10-5-7-16-8-6-10;13-11-1-3-12(4-2-11)15-9-10-5-7-14-8-6-10;13-11-1-3-12(4-2-11)17(14,15)9-10-5-7-16-8-6-10;7-5-1-3-6(8)4-2-5;/h4-5,7-8,14,18H,6,9-13,15-16H2,1-3H3;5-8,14H,9-13H2,1-4H3;1-4,9,14H,5-8,10-12,18H2;1-4,10H,5-9H2;1-4,10H,5-9H2;1-4,10,13H,5-9H2;1-4,8H;/q;;;;;;;-1/b19-14+;;15-9+;;;;;/i;;;;;;;1+1. The molecule has 7 aliphatic heterocycles. The van der Waals surface area contributed by atoms with Crippen LogP contribution in [0.2, 0.25) is 0 Å². The minimum atomic E-state index is -3.36. The number of thioether (sulfide) groups is 1. The number of ether oxygens (including phenoxy) is 9. The van der Waals surface area contributed by atoms with Crippen LogP contribution in [0.1, 0.15) is 151 Å². The molecule has 0 bridgehead atoms. The van der Waals surface area contributed by atoms with E-state index in [-0.39, 0.29) is 119 Å². The van der Waals surface area contributed by atoms with E-state index in [2.05, 4.69) is 84.7 Å². The van der Waals surface area contributed by atoms with Gasteiger partial charge in [-0.25, -0.2) is 50.9 Å². The number of phenols is 1. The number of aromatic hydroxyl groups is 1. The van der Waals surface area contributed by atoms with Crippen molar-refractivity contribution >= 4 is 140 Å². The Kier molecular flexibility index (Phi) is 48.3. The van der Waals surface area contributed by atoms with Gasteiger partial charge in [-0.1, -0.05) is 84.2 Å². The third kappa shape index (κ3) is 41.8. The van der Waals surface area contributed by atoms with Gasteiger partial charge in [-0.3, -0.25) is 4.79 Å². The van der Waals surface area contributed by atoms with Crippen LogP contribution in [0.4, 0.5) is 8.78 Å². The maximum atomic E-state index is 13.1. The predicted molar refractivity (Wildman–Crippen MR) is 538 cm³/mol. The predicted octanol–water partition coefficient (Wildman–Crippen LogP) is 19.8. The molecule has 14 rings (SSSR count). The minimum Gasteiger partial charge on any atom is -1.00 e. The molecule has 7 heterocycles. The summed E-state index contributed by atoms with van der Waals surface area (Å²) in [7, 11) is -16.8. The SMILES string of the molecule is Brc1ccc(SCC2CCOCC2)cc1.CC(C)(C)OC(=O)CC/C(=C\F)OCc1ccc(S(=O)(=O)CC2CCOCC2)cc1.CC1(C)OB(c2ccc(S(=O)(=O)CC3CCOCC3)cc2)OC1(C)C.NC/C(=C\F)OCc1ccc(S(=O)(=O)CC2CCOCC2)cc1.O=S(=O)(CC1CCOCC1)c1ccc(Br)cc1.O=S(=O)(CC1CCOCC1)c1ccc(O)cc1.Sc1ccc(Br)cc1.[2H-]. The van der Waals surface area contributed by atoms with Gasteiger partial charge < -0.3 is 64.2 Å². The first-order valence-electron chi connectivity index (χ1n) is 45.4. The van der Waals surface area contributed by atoms with Crippen LogP contribution in [0, 0.1) is 35.5 Å². The molecule has 7 fully saturated rings. The summed E-state index contributed by atoms with van der Waals surface area (Å²) in [6, 6.07) is 48.7. The van der Waals surface area contributed by atoms with Crippen molar-refractivity contribution in [1.82, 2.24) is 0 Å². The molecule has 7 aromatic carbocycles. The lowest BCUT2D eigenvalue weighted by atomic mass is 9.79. The molecule has 748 valence electrons. The molecule has 37 heteroatoms. The van der Waals surface area contributed by atoms with Crippen LogP contribution in [0.3, 0.4) is 0 Å². The highest BCUT2D eigenvalue weighted by Gasteiger charge is 2.52. The van der Waals surface area contributed by atoms with Gasteiger partial charge in [0.15, 0.2) is 49.2 Å². The largest absolute Gasteiger partial charge is 1.00 e. The number of allylic oxidation sites excluding steroid dienone is 1. The van der Waals surface area contributed by atoms with E-state index in [1.807, 2.05) is 63.7 Å². The van der Waals surface area contributed by atoms with Gasteiger partial charge in [0.25, 0.3) is 0 Å². The molecule has 3 N–H and O–H groups in total. The molecule has 7 aromatic rings. The number of halogens is 5. The van der Waals surface area contributed by atoms with Crippen LogP contribution >= 0.6 is 72.2 Å². The molecule has 7 aliphatic rings. The summed E-state index contributed by atoms with van der Waals surface area (Å²) in [5, 5.41) is 9.13. The lowest BCUT2D eigenvalue weighted by molar-refractivity contribution is -0.154. The molecule has 135 heavy (non-hydrogen) atoms. The van der Waals surface area contributed by atoms with E-state index < -0.39 is 79.1 Å². The monoisotopic (exact) mass is 2200 g/mol. The van der Waals surface area contributed by atoms with Gasteiger partial charge >= 0.3 is 13.1 Å². The number of benzene rings is 7. The Balaban J connectivity index is 0.000000221. The second-order valence-electron chi connectivity index (χ2n) is 35.9. The fourth-order valence-electron chi connectivity index (χ4n) is 14.7. The normalized spacial score (nSPS) is 18.1. The molecule has 7 saturated heterocycles. The number of thiol groups is 1. The first-order valence-corrected chi connectivity index (χ1v) is 57.5. The number of hydrogen-bond donors (Lipinski definition) is 3. The summed E-state index contributed by atoms with van der Waals surface area (Å²) in [6.45, 7) is 21.8. The number of nitrogens with two attached hydrogens (primary N) is 1. The Hall–Kier alpha value is -5.66. The van der Waals surface area contributed by atoms with E-state index in [9.17, 15) is 55.7 Å². The molecule has 0 unspecified atom stereocenters. The number of esters is 1. The van der Waals surface area contributed by atoms with Gasteiger partial charge in [-0.2, -0.15) is 0 Å². The van der Waals surface area contributed by atoms with Gasteiger partial charge in [0, 0.05) is 115 Å². The topological polar surface area (TPSA) is 336 Å². The van der Waals surface area contributed by atoms with Gasteiger partial charge in [-0.15, -0.1) is 24.4 Å². The molecule has 0 radical (unpaired) electrons. The second kappa shape index (κ2) is 56.8. The zero-order valence-corrected chi connectivity index (χ0v) is 88.5. The summed E-state index contributed by atoms with van der Waals surface area (Å²) in [4.78, 5) is 15.7. The zero-order valence-electron chi connectivity index (χ0n) is 78.9. The number of hydrogen-bond acceptors (Lipinski definition) is 26. The van der Waals surface area contributed by atoms with Crippen LogP contribution < -0.4 is 11.2 Å². The fraction of sp³-hybridized carbons (Fsp3) is 0.520. The number of phenolic OH excluding ortho intramolecular Hbond substituents is 1. The summed E-state index contributed by atoms with van der Waals surface area (Å²) in [6.07, 6.45) is 11.2. The highest BCUT2D eigenvalue weighted by molar-refractivity contribution is 9.11. The minimum absolute atomic E-state index is 0. The van der Waals surface area contributed by atoms with Gasteiger partial charge in [0.1, 0.15) is 48.7 Å². The number of sulfone groups is 5. The first-order chi connectivity index (χ1) is 64.0. The van der Waals surface area contributed by atoms with Crippen molar-refractivity contribution in [3.63, 3.8) is 0 Å². The Morgan fingerprint density at radius 1 is 0.437 bits per heavy atom. The average molecular weight is 2210 g/mol. The van der Waals surface area contributed by atoms with E-state index in [0.29, 0.717) is 99.0 Å². The molecular weight excluding hydrogens is 2070 g/mol. The molecule has 0 spiro atoms. The van der Waals surface area contributed by atoms with Gasteiger partial charge in [0.05, 0.1) is 77.4 Å². The van der Waals surface area contributed by atoms with Gasteiger partial charge in [0.2, 0.25) is 0 Å². The average Bonchev–Trinajstić information content (AvgIpc) is 1.62. The van der Waals surface area contributed by atoms with Crippen LogP contribution in [0.15, 0.2) is 242 Å². The Morgan fingerprint density at radius 2 is 0.711 bits per heavy atom. The van der Waals surface area contributed by atoms with Crippen LogP contribution in [0.5, 0.6) is 5.75 Å². The van der Waals surface area contributed by atoms with Crippen molar-refractivity contribution in [2.24, 2.45) is 41.2 Å². The molecule has 24 nitrogen and oxygen atoms in total. The fourth-order valence-corrected chi connectivity index (χ4v) is 25.2. The molecular formula is C98H132BBr3F2NO23S7-. The van der Waals surface area contributed by atoms with Crippen LogP contribution in [0.25, 0.3) is 0 Å². The summed E-state index contributed by atoms with van der Waals surface area (Å²) < 4.78 is 212. The molecule has 0 atom stereocenters. The Morgan fingerprint density at radius 3 is 1.01 bits per heavy atom.